The molecule has 0 atom stereocenters. The van der Waals surface area contributed by atoms with Crippen LogP contribution in [0.15, 0.2) is 24.5 Å². The van der Waals surface area contributed by atoms with E-state index in [1.165, 1.54) is 19.7 Å². The van der Waals surface area contributed by atoms with Crippen molar-refractivity contribution in [2.45, 2.75) is 25.8 Å². The van der Waals surface area contributed by atoms with E-state index < -0.39 is 16.3 Å². The molecule has 160 valence electrons. The lowest BCUT2D eigenvalue weighted by molar-refractivity contribution is 0.0901. The third-order valence-corrected chi connectivity index (χ3v) is 7.17. The van der Waals surface area contributed by atoms with Crippen LogP contribution < -0.4 is 5.32 Å². The van der Waals surface area contributed by atoms with E-state index in [4.69, 9.17) is 4.74 Å². The van der Waals surface area contributed by atoms with Crippen LogP contribution in [0.25, 0.3) is 0 Å². The highest BCUT2D eigenvalue weighted by atomic mass is 32.2. The number of carbonyl (C=O) groups excluding carboxylic acids is 2. The number of nitrogens with one attached hydrogen (secondary N) is 1. The largest absolute Gasteiger partial charge is 0.450 e. The minimum atomic E-state index is -3.59. The SMILES string of the molecule is CCOC(=O)N1CCN(S(=O)(=O)N2CCC(NC(=O)c3cccnc3)CC2)CC1. The fourth-order valence-electron chi connectivity index (χ4n) is 3.48. The summed E-state index contributed by atoms with van der Waals surface area (Å²) in [4.78, 5) is 29.5. The zero-order valence-corrected chi connectivity index (χ0v) is 17.3. The number of carbonyl (C=O) groups is 2. The number of amides is 2. The van der Waals surface area contributed by atoms with Crippen LogP contribution in [0.5, 0.6) is 0 Å². The van der Waals surface area contributed by atoms with E-state index in [9.17, 15) is 18.0 Å². The van der Waals surface area contributed by atoms with Crippen molar-refractivity contribution in [2.75, 3.05) is 45.9 Å². The van der Waals surface area contributed by atoms with Crippen LogP contribution in [-0.2, 0) is 14.9 Å². The average Bonchev–Trinajstić information content (AvgIpc) is 2.75. The van der Waals surface area contributed by atoms with Crippen molar-refractivity contribution in [3.63, 3.8) is 0 Å². The molecule has 2 aliphatic heterocycles. The maximum Gasteiger partial charge on any atom is 0.409 e. The number of nitrogens with zero attached hydrogens (tertiary/aromatic N) is 4. The van der Waals surface area contributed by atoms with Gasteiger partial charge in [0.25, 0.3) is 16.1 Å². The van der Waals surface area contributed by atoms with Crippen molar-refractivity contribution in [1.82, 2.24) is 23.8 Å². The molecule has 0 bridgehead atoms. The Morgan fingerprint density at radius 3 is 2.38 bits per heavy atom. The van der Waals surface area contributed by atoms with E-state index in [2.05, 4.69) is 10.3 Å². The number of aromatic nitrogens is 1. The summed E-state index contributed by atoms with van der Waals surface area (Å²) in [5.74, 6) is -0.200. The number of rotatable bonds is 5. The van der Waals surface area contributed by atoms with Gasteiger partial charge in [-0.05, 0) is 31.9 Å². The summed E-state index contributed by atoms with van der Waals surface area (Å²) in [6.45, 7) is 3.85. The minimum Gasteiger partial charge on any atom is -0.450 e. The second-order valence-electron chi connectivity index (χ2n) is 6.98. The molecule has 3 rings (SSSR count). The second-order valence-corrected chi connectivity index (χ2v) is 8.91. The smallest absolute Gasteiger partial charge is 0.409 e. The Labute approximate surface area is 171 Å². The molecule has 0 aliphatic carbocycles. The lowest BCUT2D eigenvalue weighted by Gasteiger charge is -2.38. The van der Waals surface area contributed by atoms with Crippen molar-refractivity contribution in [3.8, 4) is 0 Å². The Bertz CT molecular complexity index is 803. The zero-order chi connectivity index (χ0) is 20.9. The Morgan fingerprint density at radius 1 is 1.14 bits per heavy atom. The molecule has 0 aromatic carbocycles. The fraction of sp³-hybridized carbons (Fsp3) is 0.611. The highest BCUT2D eigenvalue weighted by molar-refractivity contribution is 7.86. The lowest BCUT2D eigenvalue weighted by atomic mass is 10.1. The highest BCUT2D eigenvalue weighted by Gasteiger charge is 2.36. The topological polar surface area (TPSA) is 112 Å². The molecule has 2 aliphatic rings. The molecule has 1 N–H and O–H groups in total. The van der Waals surface area contributed by atoms with Gasteiger partial charge in [0.05, 0.1) is 12.2 Å². The van der Waals surface area contributed by atoms with Crippen LogP contribution in [0.4, 0.5) is 4.79 Å². The van der Waals surface area contributed by atoms with Crippen molar-refractivity contribution in [1.29, 1.82) is 0 Å². The predicted octanol–water partition coefficient (Wildman–Crippen LogP) is 0.295. The van der Waals surface area contributed by atoms with Crippen LogP contribution >= 0.6 is 0 Å². The molecule has 11 heteroatoms. The number of hydrogen-bond donors (Lipinski definition) is 1. The Morgan fingerprint density at radius 2 is 1.79 bits per heavy atom. The first-order valence-corrected chi connectivity index (χ1v) is 11.2. The van der Waals surface area contributed by atoms with Crippen LogP contribution in [-0.4, -0.2) is 90.8 Å². The average molecular weight is 426 g/mol. The van der Waals surface area contributed by atoms with Crippen LogP contribution in [0.1, 0.15) is 30.1 Å². The number of piperidine rings is 1. The van der Waals surface area contributed by atoms with Crippen LogP contribution in [0, 0.1) is 0 Å². The lowest BCUT2D eigenvalue weighted by Crippen LogP contribution is -2.56. The molecule has 2 fully saturated rings. The quantitative estimate of drug-likeness (QED) is 0.726. The number of piperazine rings is 1. The summed E-state index contributed by atoms with van der Waals surface area (Å²) < 4.78 is 33.7. The Hall–Kier alpha value is -2.24. The van der Waals surface area contributed by atoms with E-state index in [-0.39, 0.29) is 25.0 Å². The van der Waals surface area contributed by atoms with Crippen molar-refractivity contribution < 1.29 is 22.7 Å². The monoisotopic (exact) mass is 425 g/mol. The standard InChI is InChI=1S/C18H27N5O5S/c1-2-28-18(25)21-10-12-23(13-11-21)29(26,27)22-8-5-16(6-9-22)20-17(24)15-4-3-7-19-14-15/h3-4,7,14,16H,2,5-6,8-13H2,1H3,(H,20,24). The number of ether oxygens (including phenoxy) is 1. The van der Waals surface area contributed by atoms with Gasteiger partial charge in [-0.2, -0.15) is 17.0 Å². The highest BCUT2D eigenvalue weighted by Crippen LogP contribution is 2.19. The third-order valence-electron chi connectivity index (χ3n) is 5.13. The van der Waals surface area contributed by atoms with Gasteiger partial charge in [0.2, 0.25) is 0 Å². The molecule has 29 heavy (non-hydrogen) atoms. The van der Waals surface area contributed by atoms with E-state index >= 15 is 0 Å². The summed E-state index contributed by atoms with van der Waals surface area (Å²) in [6.07, 6.45) is 3.80. The molecule has 2 saturated heterocycles. The molecule has 0 spiro atoms. The molecule has 2 amide bonds. The van der Waals surface area contributed by atoms with E-state index in [1.807, 2.05) is 0 Å². The van der Waals surface area contributed by atoms with Gasteiger partial charge in [0.1, 0.15) is 0 Å². The van der Waals surface area contributed by atoms with E-state index in [0.29, 0.717) is 51.2 Å². The van der Waals surface area contributed by atoms with Crippen LogP contribution in [0.2, 0.25) is 0 Å². The fourth-order valence-corrected chi connectivity index (χ4v) is 5.10. The molecule has 1 aromatic heterocycles. The molecular formula is C18H27N5O5S. The Balaban J connectivity index is 1.48. The van der Waals surface area contributed by atoms with Gasteiger partial charge in [-0.25, -0.2) is 4.79 Å². The summed E-state index contributed by atoms with van der Waals surface area (Å²) in [5, 5.41) is 2.94. The first-order valence-electron chi connectivity index (χ1n) is 9.79. The molecule has 0 radical (unpaired) electrons. The number of hydrogen-bond acceptors (Lipinski definition) is 6. The normalized spacial score (nSPS) is 19.7. The summed E-state index contributed by atoms with van der Waals surface area (Å²) >= 11 is 0. The molecule has 1 aromatic rings. The van der Waals surface area contributed by atoms with Crippen molar-refractivity contribution in [3.05, 3.63) is 30.1 Å². The second kappa shape index (κ2) is 9.51. The number of pyridine rings is 1. The summed E-state index contributed by atoms with van der Waals surface area (Å²) in [6, 6.07) is 3.32. The van der Waals surface area contributed by atoms with Crippen molar-refractivity contribution in [2.24, 2.45) is 0 Å². The van der Waals surface area contributed by atoms with Crippen molar-refractivity contribution >= 4 is 22.2 Å². The molecule has 3 heterocycles. The first-order chi connectivity index (χ1) is 13.9. The van der Waals surface area contributed by atoms with Gasteiger partial charge in [-0.1, -0.05) is 0 Å². The van der Waals surface area contributed by atoms with E-state index in [0.717, 1.165) is 0 Å². The maximum atomic E-state index is 12.9. The van der Waals surface area contributed by atoms with Gasteiger partial charge in [0, 0.05) is 57.7 Å². The van der Waals surface area contributed by atoms with Gasteiger partial charge in [-0.15, -0.1) is 0 Å². The Kier molecular flexibility index (Phi) is 7.04. The zero-order valence-electron chi connectivity index (χ0n) is 16.5. The summed E-state index contributed by atoms with van der Waals surface area (Å²) in [5.41, 5.74) is 0.488. The molecular weight excluding hydrogens is 398 g/mol. The van der Waals surface area contributed by atoms with Gasteiger partial charge < -0.3 is 15.0 Å². The summed E-state index contributed by atoms with van der Waals surface area (Å²) in [7, 11) is -3.59. The van der Waals surface area contributed by atoms with E-state index in [1.54, 1.807) is 25.3 Å². The predicted molar refractivity (Wildman–Crippen MR) is 105 cm³/mol. The van der Waals surface area contributed by atoms with Gasteiger partial charge >= 0.3 is 6.09 Å². The molecule has 0 saturated carbocycles. The maximum absolute atomic E-state index is 12.9. The molecule has 0 unspecified atom stereocenters. The van der Waals surface area contributed by atoms with Gasteiger partial charge in [0.15, 0.2) is 0 Å². The van der Waals surface area contributed by atoms with Crippen LogP contribution in [0.3, 0.4) is 0 Å². The van der Waals surface area contributed by atoms with Gasteiger partial charge in [-0.3, -0.25) is 9.78 Å². The third kappa shape index (κ3) is 5.22. The first kappa shape index (κ1) is 21.5. The molecule has 10 nitrogen and oxygen atoms in total. The minimum absolute atomic E-state index is 0.0742.